The molecule has 1 fully saturated rings. The molecule has 0 spiro atoms. The van der Waals surface area contributed by atoms with E-state index in [0.717, 1.165) is 25.3 Å². The average molecular weight is 212 g/mol. The first-order valence-electron chi connectivity index (χ1n) is 6.12. The van der Waals surface area contributed by atoms with Gasteiger partial charge in [-0.05, 0) is 44.4 Å². The Balaban J connectivity index is 1.97. The van der Waals surface area contributed by atoms with Crippen LogP contribution in [0.4, 0.5) is 0 Å². The van der Waals surface area contributed by atoms with Crippen LogP contribution in [-0.2, 0) is 4.79 Å². The highest BCUT2D eigenvalue weighted by Gasteiger charge is 2.27. The van der Waals surface area contributed by atoms with Gasteiger partial charge in [-0.15, -0.1) is 0 Å². The van der Waals surface area contributed by atoms with Crippen LogP contribution in [0, 0.1) is 11.8 Å². The number of hydrogen-bond acceptors (Lipinski definition) is 2. The summed E-state index contributed by atoms with van der Waals surface area (Å²) in [5, 5.41) is 3.00. The molecular formula is C12H24N2O. The van der Waals surface area contributed by atoms with Crippen LogP contribution in [0.3, 0.4) is 0 Å². The average Bonchev–Trinajstić information content (AvgIpc) is 2.96. The van der Waals surface area contributed by atoms with Crippen molar-refractivity contribution in [3.05, 3.63) is 0 Å². The van der Waals surface area contributed by atoms with Gasteiger partial charge in [-0.2, -0.15) is 0 Å². The molecule has 0 bridgehead atoms. The van der Waals surface area contributed by atoms with Gasteiger partial charge >= 0.3 is 0 Å². The maximum Gasteiger partial charge on any atom is 0.220 e. The number of amides is 1. The van der Waals surface area contributed by atoms with E-state index in [1.54, 1.807) is 0 Å². The van der Waals surface area contributed by atoms with Crippen LogP contribution in [0.2, 0.25) is 0 Å². The lowest BCUT2D eigenvalue weighted by molar-refractivity contribution is -0.121. The van der Waals surface area contributed by atoms with Gasteiger partial charge in [0.05, 0.1) is 0 Å². The van der Waals surface area contributed by atoms with Gasteiger partial charge in [-0.25, -0.2) is 0 Å². The van der Waals surface area contributed by atoms with Gasteiger partial charge < -0.3 is 11.1 Å². The van der Waals surface area contributed by atoms with Crippen molar-refractivity contribution >= 4 is 5.91 Å². The van der Waals surface area contributed by atoms with E-state index in [-0.39, 0.29) is 11.9 Å². The van der Waals surface area contributed by atoms with E-state index in [4.69, 9.17) is 5.73 Å². The third kappa shape index (κ3) is 5.78. The van der Waals surface area contributed by atoms with Gasteiger partial charge in [0.15, 0.2) is 0 Å². The predicted octanol–water partition coefficient (Wildman–Crippen LogP) is 1.67. The number of carbonyl (C=O) groups is 1. The predicted molar refractivity (Wildman–Crippen MR) is 62.4 cm³/mol. The van der Waals surface area contributed by atoms with E-state index in [1.165, 1.54) is 12.8 Å². The second-order valence-electron chi connectivity index (χ2n) is 4.99. The molecule has 1 rings (SSSR count). The van der Waals surface area contributed by atoms with Crippen molar-refractivity contribution in [1.29, 1.82) is 0 Å². The zero-order valence-corrected chi connectivity index (χ0v) is 9.96. The molecule has 0 aliphatic heterocycles. The quantitative estimate of drug-likeness (QED) is 0.674. The molecule has 0 aromatic rings. The molecule has 0 heterocycles. The molecule has 3 heteroatoms. The van der Waals surface area contributed by atoms with Crippen molar-refractivity contribution in [3.63, 3.8) is 0 Å². The molecule has 1 aliphatic rings. The fourth-order valence-corrected chi connectivity index (χ4v) is 1.78. The highest BCUT2D eigenvalue weighted by Crippen LogP contribution is 2.36. The second kappa shape index (κ2) is 6.11. The summed E-state index contributed by atoms with van der Waals surface area (Å²) in [4.78, 5) is 11.4. The molecule has 3 N–H and O–H groups in total. The number of nitrogens with two attached hydrogens (primary N) is 1. The summed E-state index contributed by atoms with van der Waals surface area (Å²) in [6, 6.07) is 0.211. The van der Waals surface area contributed by atoms with E-state index in [0.29, 0.717) is 12.3 Å². The third-order valence-corrected chi connectivity index (χ3v) is 3.11. The van der Waals surface area contributed by atoms with Crippen molar-refractivity contribution in [1.82, 2.24) is 5.32 Å². The first-order valence-corrected chi connectivity index (χ1v) is 6.12. The maximum absolute atomic E-state index is 11.4. The fourth-order valence-electron chi connectivity index (χ4n) is 1.78. The monoisotopic (exact) mass is 212 g/mol. The third-order valence-electron chi connectivity index (χ3n) is 3.11. The van der Waals surface area contributed by atoms with Crippen LogP contribution in [0.5, 0.6) is 0 Å². The normalized spacial score (nSPS) is 19.7. The molecule has 2 unspecified atom stereocenters. The van der Waals surface area contributed by atoms with E-state index < -0.39 is 0 Å². The fraction of sp³-hybridized carbons (Fsp3) is 0.917. The largest absolute Gasteiger partial charge is 0.356 e. The van der Waals surface area contributed by atoms with Gasteiger partial charge in [0.1, 0.15) is 0 Å². The van der Waals surface area contributed by atoms with Gasteiger partial charge in [-0.3, -0.25) is 4.79 Å². The molecule has 2 atom stereocenters. The number of nitrogens with one attached hydrogen (secondary N) is 1. The summed E-state index contributed by atoms with van der Waals surface area (Å²) >= 11 is 0. The summed E-state index contributed by atoms with van der Waals surface area (Å²) in [5.41, 5.74) is 5.62. The summed E-state index contributed by atoms with van der Waals surface area (Å²) in [7, 11) is 0. The van der Waals surface area contributed by atoms with Crippen LogP contribution in [-0.4, -0.2) is 18.5 Å². The summed E-state index contributed by atoms with van der Waals surface area (Å²) < 4.78 is 0. The van der Waals surface area contributed by atoms with Crippen LogP contribution in [0.15, 0.2) is 0 Å². The smallest absolute Gasteiger partial charge is 0.220 e. The minimum absolute atomic E-state index is 0.183. The zero-order chi connectivity index (χ0) is 11.3. The Morgan fingerprint density at radius 2 is 2.13 bits per heavy atom. The molecule has 3 nitrogen and oxygen atoms in total. The van der Waals surface area contributed by atoms with Gasteiger partial charge in [0.25, 0.3) is 0 Å². The van der Waals surface area contributed by atoms with Crippen LogP contribution < -0.4 is 11.1 Å². The van der Waals surface area contributed by atoms with E-state index in [1.807, 2.05) is 6.92 Å². The minimum atomic E-state index is 0.183. The number of rotatable bonds is 7. The van der Waals surface area contributed by atoms with Crippen molar-refractivity contribution < 1.29 is 4.79 Å². The SMILES string of the molecule is CC(N)CCCC(=O)NCC(C)C1CC1. The summed E-state index contributed by atoms with van der Waals surface area (Å²) in [6.07, 6.45) is 5.16. The van der Waals surface area contributed by atoms with Gasteiger partial charge in [0.2, 0.25) is 5.91 Å². The number of carbonyl (C=O) groups excluding carboxylic acids is 1. The molecule has 1 saturated carbocycles. The summed E-state index contributed by atoms with van der Waals surface area (Å²) in [5.74, 6) is 1.71. The molecule has 1 amide bonds. The van der Waals surface area contributed by atoms with Crippen LogP contribution in [0.1, 0.15) is 46.0 Å². The Kier molecular flexibility index (Phi) is 5.09. The lowest BCUT2D eigenvalue weighted by atomic mass is 10.1. The number of hydrogen-bond donors (Lipinski definition) is 2. The summed E-state index contributed by atoms with van der Waals surface area (Å²) in [6.45, 7) is 5.05. The highest BCUT2D eigenvalue weighted by atomic mass is 16.1. The molecule has 0 saturated heterocycles. The molecule has 88 valence electrons. The minimum Gasteiger partial charge on any atom is -0.356 e. The zero-order valence-electron chi connectivity index (χ0n) is 9.96. The Hall–Kier alpha value is -0.570. The first-order chi connectivity index (χ1) is 7.09. The Labute approximate surface area is 92.8 Å². The lowest BCUT2D eigenvalue weighted by Gasteiger charge is -2.11. The Morgan fingerprint density at radius 1 is 1.47 bits per heavy atom. The van der Waals surface area contributed by atoms with Crippen molar-refractivity contribution in [2.24, 2.45) is 17.6 Å². The molecule has 0 aromatic heterocycles. The van der Waals surface area contributed by atoms with Gasteiger partial charge in [-0.1, -0.05) is 6.92 Å². The van der Waals surface area contributed by atoms with Crippen LogP contribution in [0.25, 0.3) is 0 Å². The van der Waals surface area contributed by atoms with Crippen LogP contribution >= 0.6 is 0 Å². The Bertz CT molecular complexity index is 200. The Morgan fingerprint density at radius 3 is 2.67 bits per heavy atom. The lowest BCUT2D eigenvalue weighted by Crippen LogP contribution is -2.29. The molecule has 1 aliphatic carbocycles. The van der Waals surface area contributed by atoms with Crippen molar-refractivity contribution in [2.45, 2.75) is 52.0 Å². The highest BCUT2D eigenvalue weighted by molar-refractivity contribution is 5.75. The standard InChI is InChI=1S/C12H24N2O/c1-9(11-6-7-11)8-14-12(15)5-3-4-10(2)13/h9-11H,3-8,13H2,1-2H3,(H,14,15). The molecule has 0 aromatic carbocycles. The van der Waals surface area contributed by atoms with Crippen molar-refractivity contribution in [3.8, 4) is 0 Å². The maximum atomic E-state index is 11.4. The molecular weight excluding hydrogens is 188 g/mol. The topological polar surface area (TPSA) is 55.1 Å². The van der Waals surface area contributed by atoms with E-state index in [2.05, 4.69) is 12.2 Å². The van der Waals surface area contributed by atoms with E-state index >= 15 is 0 Å². The van der Waals surface area contributed by atoms with E-state index in [9.17, 15) is 4.79 Å². The van der Waals surface area contributed by atoms with Gasteiger partial charge in [0, 0.05) is 19.0 Å². The molecule has 15 heavy (non-hydrogen) atoms. The molecule has 0 radical (unpaired) electrons. The first kappa shape index (κ1) is 12.5. The second-order valence-corrected chi connectivity index (χ2v) is 4.99. The van der Waals surface area contributed by atoms with Crippen molar-refractivity contribution in [2.75, 3.05) is 6.54 Å².